The van der Waals surface area contributed by atoms with E-state index < -0.39 is 6.55 Å². The van der Waals surface area contributed by atoms with E-state index in [1.807, 2.05) is 0 Å². The molecule has 16 heavy (non-hydrogen) atoms. The van der Waals surface area contributed by atoms with Crippen LogP contribution in [0.2, 0.25) is 0 Å². The molecule has 0 N–H and O–H groups in total. The van der Waals surface area contributed by atoms with Gasteiger partial charge in [-0.05, 0) is 18.2 Å². The van der Waals surface area contributed by atoms with E-state index in [0.717, 1.165) is 0 Å². The molecule has 0 aliphatic heterocycles. The third-order valence-corrected chi connectivity index (χ3v) is 2.00. The summed E-state index contributed by atoms with van der Waals surface area (Å²) in [5, 5.41) is 3.62. The first kappa shape index (κ1) is 10.4. The average Bonchev–Trinajstić information content (AvgIpc) is 2.74. The maximum absolute atomic E-state index is 12.5. The zero-order valence-electron chi connectivity index (χ0n) is 8.05. The second-order valence-corrected chi connectivity index (χ2v) is 3.01. The lowest BCUT2D eigenvalue weighted by atomic mass is 10.2. The standard InChI is InChI=1S/C10H7F2N3O/c11-10(12)15-7(6-16)5-9(14-15)8-3-1-2-4-13-8/h1-6,10H. The minimum absolute atomic E-state index is 0.171. The van der Waals surface area contributed by atoms with E-state index in [4.69, 9.17) is 0 Å². The highest BCUT2D eigenvalue weighted by Gasteiger charge is 2.15. The smallest absolute Gasteiger partial charge is 0.296 e. The summed E-state index contributed by atoms with van der Waals surface area (Å²) < 4.78 is 25.3. The van der Waals surface area contributed by atoms with Crippen molar-refractivity contribution in [2.75, 3.05) is 0 Å². The SMILES string of the molecule is O=Cc1cc(-c2ccccn2)nn1C(F)F. The Morgan fingerprint density at radius 2 is 2.12 bits per heavy atom. The van der Waals surface area contributed by atoms with E-state index in [9.17, 15) is 13.6 Å². The monoisotopic (exact) mass is 223 g/mol. The minimum atomic E-state index is -2.84. The Morgan fingerprint density at radius 3 is 2.62 bits per heavy atom. The number of nitrogens with zero attached hydrogens (tertiary/aromatic N) is 3. The molecule has 0 aliphatic rings. The van der Waals surface area contributed by atoms with E-state index in [1.165, 1.54) is 12.3 Å². The molecule has 0 saturated heterocycles. The van der Waals surface area contributed by atoms with Crippen molar-refractivity contribution >= 4 is 6.29 Å². The van der Waals surface area contributed by atoms with E-state index >= 15 is 0 Å². The highest BCUT2D eigenvalue weighted by molar-refractivity contribution is 5.75. The molecule has 0 amide bonds. The summed E-state index contributed by atoms with van der Waals surface area (Å²) >= 11 is 0. The number of hydrogen-bond acceptors (Lipinski definition) is 3. The number of alkyl halides is 2. The molecule has 4 nitrogen and oxygen atoms in total. The normalized spacial score (nSPS) is 10.7. The summed E-state index contributed by atoms with van der Waals surface area (Å²) in [7, 11) is 0. The number of carbonyl (C=O) groups excluding carboxylic acids is 1. The molecular formula is C10H7F2N3O. The number of hydrogen-bond donors (Lipinski definition) is 0. The van der Waals surface area contributed by atoms with Crippen LogP contribution in [0, 0.1) is 0 Å². The van der Waals surface area contributed by atoms with Gasteiger partial charge in [-0.3, -0.25) is 9.78 Å². The van der Waals surface area contributed by atoms with Gasteiger partial charge in [0.25, 0.3) is 0 Å². The fraction of sp³-hybridized carbons (Fsp3) is 0.100. The molecule has 2 rings (SSSR count). The molecule has 82 valence electrons. The molecule has 0 saturated carbocycles. The van der Waals surface area contributed by atoms with E-state index in [0.29, 0.717) is 16.7 Å². The van der Waals surface area contributed by atoms with E-state index in [-0.39, 0.29) is 11.4 Å². The van der Waals surface area contributed by atoms with Gasteiger partial charge in [-0.2, -0.15) is 13.9 Å². The maximum Gasteiger partial charge on any atom is 0.333 e. The first-order valence-corrected chi connectivity index (χ1v) is 4.46. The maximum atomic E-state index is 12.5. The van der Waals surface area contributed by atoms with Gasteiger partial charge in [0.2, 0.25) is 0 Å². The third kappa shape index (κ3) is 1.81. The van der Waals surface area contributed by atoms with Gasteiger partial charge in [0, 0.05) is 6.20 Å². The van der Waals surface area contributed by atoms with Crippen LogP contribution in [-0.4, -0.2) is 21.1 Å². The van der Waals surface area contributed by atoms with E-state index in [1.54, 1.807) is 18.2 Å². The summed E-state index contributed by atoms with van der Waals surface area (Å²) in [5.74, 6) is 0. The molecule has 0 atom stereocenters. The number of aromatic nitrogens is 3. The Labute approximate surface area is 89.5 Å². The second kappa shape index (κ2) is 4.18. The summed E-state index contributed by atoms with van der Waals surface area (Å²) in [6.45, 7) is -2.84. The molecule has 0 unspecified atom stereocenters. The van der Waals surface area contributed by atoms with Crippen molar-refractivity contribution < 1.29 is 13.6 Å². The van der Waals surface area contributed by atoms with Gasteiger partial charge in [0.05, 0.1) is 5.69 Å². The minimum Gasteiger partial charge on any atom is -0.296 e. The van der Waals surface area contributed by atoms with Crippen LogP contribution >= 0.6 is 0 Å². The Morgan fingerprint density at radius 1 is 1.31 bits per heavy atom. The fourth-order valence-electron chi connectivity index (χ4n) is 1.29. The molecule has 0 aliphatic carbocycles. The number of aldehydes is 1. The van der Waals surface area contributed by atoms with Gasteiger partial charge in [-0.1, -0.05) is 6.07 Å². The van der Waals surface area contributed by atoms with Crippen molar-refractivity contribution in [2.24, 2.45) is 0 Å². The highest BCUT2D eigenvalue weighted by atomic mass is 19.3. The molecule has 2 aromatic heterocycles. The molecule has 0 fully saturated rings. The molecule has 0 bridgehead atoms. The van der Waals surface area contributed by atoms with Crippen molar-refractivity contribution in [1.82, 2.24) is 14.8 Å². The summed E-state index contributed by atoms with van der Waals surface area (Å²) in [5.41, 5.74) is 0.531. The van der Waals surface area contributed by atoms with Gasteiger partial charge in [0.15, 0.2) is 6.29 Å². The van der Waals surface area contributed by atoms with Crippen LogP contribution in [0.5, 0.6) is 0 Å². The van der Waals surface area contributed by atoms with Gasteiger partial charge < -0.3 is 0 Å². The summed E-state index contributed by atoms with van der Waals surface area (Å²) in [6, 6.07) is 6.33. The van der Waals surface area contributed by atoms with Gasteiger partial charge in [-0.25, -0.2) is 4.68 Å². The fourth-order valence-corrected chi connectivity index (χ4v) is 1.29. The Hall–Kier alpha value is -2.11. The molecule has 0 spiro atoms. The van der Waals surface area contributed by atoms with Crippen molar-refractivity contribution in [1.29, 1.82) is 0 Å². The topological polar surface area (TPSA) is 47.8 Å². The highest BCUT2D eigenvalue weighted by Crippen LogP contribution is 2.19. The average molecular weight is 223 g/mol. The van der Waals surface area contributed by atoms with Gasteiger partial charge in [0.1, 0.15) is 11.4 Å². The van der Waals surface area contributed by atoms with Crippen LogP contribution in [0.25, 0.3) is 11.4 Å². The lowest BCUT2D eigenvalue weighted by Crippen LogP contribution is -2.04. The van der Waals surface area contributed by atoms with Crippen LogP contribution in [-0.2, 0) is 0 Å². The van der Waals surface area contributed by atoms with Crippen LogP contribution in [0.4, 0.5) is 8.78 Å². The predicted molar refractivity (Wildman–Crippen MR) is 52.1 cm³/mol. The second-order valence-electron chi connectivity index (χ2n) is 3.01. The predicted octanol–water partition coefficient (Wildman–Crippen LogP) is 2.15. The van der Waals surface area contributed by atoms with Crippen LogP contribution < -0.4 is 0 Å². The molecule has 0 radical (unpaired) electrons. The zero-order valence-corrected chi connectivity index (χ0v) is 8.05. The van der Waals surface area contributed by atoms with E-state index in [2.05, 4.69) is 10.1 Å². The summed E-state index contributed by atoms with van der Waals surface area (Å²) in [6.07, 6.45) is 1.86. The van der Waals surface area contributed by atoms with Crippen molar-refractivity contribution in [3.8, 4) is 11.4 Å². The summed E-state index contributed by atoms with van der Waals surface area (Å²) in [4.78, 5) is 14.5. The van der Waals surface area contributed by atoms with Crippen molar-refractivity contribution in [3.63, 3.8) is 0 Å². The molecule has 2 heterocycles. The first-order chi connectivity index (χ1) is 7.72. The Kier molecular flexibility index (Phi) is 2.72. The molecule has 6 heteroatoms. The van der Waals surface area contributed by atoms with Crippen molar-refractivity contribution in [3.05, 3.63) is 36.2 Å². The zero-order chi connectivity index (χ0) is 11.5. The lowest BCUT2D eigenvalue weighted by Gasteiger charge is -1.99. The quantitative estimate of drug-likeness (QED) is 0.749. The Bertz CT molecular complexity index is 496. The van der Waals surface area contributed by atoms with Crippen LogP contribution in [0.15, 0.2) is 30.5 Å². The number of carbonyl (C=O) groups is 1. The number of rotatable bonds is 3. The first-order valence-electron chi connectivity index (χ1n) is 4.46. The molecular weight excluding hydrogens is 216 g/mol. The van der Waals surface area contributed by atoms with Gasteiger partial charge in [-0.15, -0.1) is 0 Å². The van der Waals surface area contributed by atoms with Crippen LogP contribution in [0.3, 0.4) is 0 Å². The van der Waals surface area contributed by atoms with Crippen LogP contribution in [0.1, 0.15) is 17.0 Å². The number of pyridine rings is 1. The number of halogens is 2. The molecule has 2 aromatic rings. The lowest BCUT2D eigenvalue weighted by molar-refractivity contribution is 0.0535. The third-order valence-electron chi connectivity index (χ3n) is 2.00. The van der Waals surface area contributed by atoms with Gasteiger partial charge >= 0.3 is 6.55 Å². The largest absolute Gasteiger partial charge is 0.333 e. The van der Waals surface area contributed by atoms with Crippen molar-refractivity contribution in [2.45, 2.75) is 6.55 Å². The Balaban J connectivity index is 2.48. The molecule has 0 aromatic carbocycles.